The smallest absolute Gasteiger partial charge is 0.254 e. The topological polar surface area (TPSA) is 32.8 Å². The lowest BCUT2D eigenvalue weighted by molar-refractivity contribution is 0.0513. The fourth-order valence-electron chi connectivity index (χ4n) is 4.41. The Morgan fingerprint density at radius 1 is 1.16 bits per heavy atom. The molecule has 4 rings (SSSR count). The summed E-state index contributed by atoms with van der Waals surface area (Å²) in [6.45, 7) is 4.75. The molecule has 3 aliphatic rings. The number of hydrogen-bond donors (Lipinski definition) is 0. The van der Waals surface area contributed by atoms with Gasteiger partial charge in [-0.2, -0.15) is 0 Å². The Morgan fingerprint density at radius 3 is 2.56 bits per heavy atom. The second kappa shape index (κ2) is 7.08. The Bertz CT molecular complexity index is 591. The molecular weight excluding hydrogens is 312 g/mol. The molecule has 3 fully saturated rings. The zero-order chi connectivity index (χ0) is 17.3. The second-order valence-corrected chi connectivity index (χ2v) is 8.44. The number of piperidine rings is 1. The highest BCUT2D eigenvalue weighted by Gasteiger charge is 2.47. The van der Waals surface area contributed by atoms with Gasteiger partial charge in [-0.25, -0.2) is 0 Å². The van der Waals surface area contributed by atoms with Crippen molar-refractivity contribution in [2.45, 2.75) is 38.1 Å². The summed E-state index contributed by atoms with van der Waals surface area (Å²) in [5, 5.41) is 0. The second-order valence-electron chi connectivity index (χ2n) is 8.44. The molecule has 2 aliphatic heterocycles. The molecule has 25 heavy (non-hydrogen) atoms. The van der Waals surface area contributed by atoms with Crippen molar-refractivity contribution in [3.8, 4) is 0 Å². The monoisotopic (exact) mass is 342 g/mol. The van der Waals surface area contributed by atoms with Gasteiger partial charge in [-0.15, -0.1) is 0 Å². The number of rotatable bonds is 5. The van der Waals surface area contributed by atoms with Crippen molar-refractivity contribution in [1.29, 1.82) is 0 Å². The van der Waals surface area contributed by atoms with Gasteiger partial charge in [0.15, 0.2) is 0 Å². The summed E-state index contributed by atoms with van der Waals surface area (Å²) in [6, 6.07) is 9.97. The number of benzene rings is 1. The number of nitrogens with zero attached hydrogens (tertiary/aromatic N) is 2. The van der Waals surface area contributed by atoms with E-state index in [4.69, 9.17) is 4.74 Å². The van der Waals surface area contributed by atoms with Crippen molar-refractivity contribution in [2.24, 2.45) is 11.3 Å². The van der Waals surface area contributed by atoms with E-state index in [1.807, 2.05) is 30.3 Å². The largest absolute Gasteiger partial charge is 0.379 e. The maximum absolute atomic E-state index is 13.1. The van der Waals surface area contributed by atoms with Crippen LogP contribution in [0.2, 0.25) is 0 Å². The summed E-state index contributed by atoms with van der Waals surface area (Å²) < 4.78 is 6.01. The van der Waals surface area contributed by atoms with Crippen LogP contribution in [-0.4, -0.2) is 61.6 Å². The van der Waals surface area contributed by atoms with Gasteiger partial charge < -0.3 is 14.5 Å². The summed E-state index contributed by atoms with van der Waals surface area (Å²) in [7, 11) is 2.20. The van der Waals surface area contributed by atoms with Gasteiger partial charge >= 0.3 is 0 Å². The molecule has 0 radical (unpaired) electrons. The van der Waals surface area contributed by atoms with E-state index in [2.05, 4.69) is 16.8 Å². The minimum absolute atomic E-state index is 0.177. The standard InChI is InChI=1S/C21H30N2O2/c1-22-11-9-21(10-12-22)13-19(15-25-14-17-7-8-17)23(16-21)20(24)18-5-3-2-4-6-18/h2-6,17,19H,7-16H2,1H3/t19-/m0/s1. The Hall–Kier alpha value is -1.39. The predicted octanol–water partition coefficient (Wildman–Crippen LogP) is 3.04. The highest BCUT2D eigenvalue weighted by Crippen LogP contribution is 2.44. The van der Waals surface area contributed by atoms with Gasteiger partial charge in [-0.3, -0.25) is 4.79 Å². The lowest BCUT2D eigenvalue weighted by Gasteiger charge is -2.37. The molecule has 1 aromatic carbocycles. The van der Waals surface area contributed by atoms with Crippen LogP contribution in [0.3, 0.4) is 0 Å². The summed E-state index contributed by atoms with van der Waals surface area (Å²) in [4.78, 5) is 17.6. The lowest BCUT2D eigenvalue weighted by atomic mass is 9.77. The van der Waals surface area contributed by atoms with Crippen molar-refractivity contribution in [3.05, 3.63) is 35.9 Å². The van der Waals surface area contributed by atoms with E-state index in [0.29, 0.717) is 12.0 Å². The molecule has 1 spiro atoms. The molecule has 1 aliphatic carbocycles. The van der Waals surface area contributed by atoms with Gasteiger partial charge in [0.1, 0.15) is 0 Å². The van der Waals surface area contributed by atoms with Gasteiger partial charge in [0.05, 0.1) is 12.6 Å². The average molecular weight is 342 g/mol. The maximum atomic E-state index is 13.1. The molecule has 0 aromatic heterocycles. The van der Waals surface area contributed by atoms with E-state index in [9.17, 15) is 4.79 Å². The quantitative estimate of drug-likeness (QED) is 0.824. The fourth-order valence-corrected chi connectivity index (χ4v) is 4.41. The zero-order valence-corrected chi connectivity index (χ0v) is 15.3. The van der Waals surface area contributed by atoms with E-state index in [-0.39, 0.29) is 11.9 Å². The van der Waals surface area contributed by atoms with Crippen LogP contribution in [0.4, 0.5) is 0 Å². The average Bonchev–Trinajstić information content (AvgIpc) is 3.40. The first-order chi connectivity index (χ1) is 12.2. The van der Waals surface area contributed by atoms with Crippen LogP contribution in [0, 0.1) is 11.3 Å². The minimum atomic E-state index is 0.177. The van der Waals surface area contributed by atoms with Crippen LogP contribution in [0.15, 0.2) is 30.3 Å². The molecule has 1 aromatic rings. The van der Waals surface area contributed by atoms with Crippen LogP contribution >= 0.6 is 0 Å². The molecule has 0 N–H and O–H groups in total. The molecular formula is C21H30N2O2. The molecule has 1 atom stereocenters. The van der Waals surface area contributed by atoms with E-state index >= 15 is 0 Å². The van der Waals surface area contributed by atoms with Crippen LogP contribution in [-0.2, 0) is 4.74 Å². The Morgan fingerprint density at radius 2 is 1.88 bits per heavy atom. The highest BCUT2D eigenvalue weighted by molar-refractivity contribution is 5.94. The molecule has 1 saturated carbocycles. The number of amides is 1. The first kappa shape index (κ1) is 17.0. The normalized spacial score (nSPS) is 26.3. The number of carbonyl (C=O) groups is 1. The van der Waals surface area contributed by atoms with Gasteiger partial charge in [0.2, 0.25) is 0 Å². The summed E-state index contributed by atoms with van der Waals surface area (Å²) in [5.74, 6) is 0.952. The third-order valence-corrected chi connectivity index (χ3v) is 6.31. The SMILES string of the molecule is CN1CCC2(CC1)C[C@@H](COCC1CC1)N(C(=O)c1ccccc1)C2. The number of hydrogen-bond acceptors (Lipinski definition) is 3. The van der Waals surface area contributed by atoms with Gasteiger partial charge in [-0.1, -0.05) is 18.2 Å². The predicted molar refractivity (Wildman–Crippen MR) is 98.6 cm³/mol. The van der Waals surface area contributed by atoms with E-state index in [1.165, 1.54) is 25.7 Å². The van der Waals surface area contributed by atoms with Crippen LogP contribution in [0.5, 0.6) is 0 Å². The molecule has 4 heteroatoms. The first-order valence-corrected chi connectivity index (χ1v) is 9.78. The molecule has 0 bridgehead atoms. The van der Waals surface area contributed by atoms with Gasteiger partial charge in [0.25, 0.3) is 5.91 Å². The van der Waals surface area contributed by atoms with Crippen LogP contribution in [0.1, 0.15) is 42.5 Å². The van der Waals surface area contributed by atoms with Crippen LogP contribution in [0.25, 0.3) is 0 Å². The highest BCUT2D eigenvalue weighted by atomic mass is 16.5. The van der Waals surface area contributed by atoms with Gasteiger partial charge in [-0.05, 0) is 75.7 Å². The number of likely N-dealkylation sites (tertiary alicyclic amines) is 2. The zero-order valence-electron chi connectivity index (χ0n) is 15.3. The Kier molecular flexibility index (Phi) is 4.83. The van der Waals surface area contributed by atoms with Crippen molar-refractivity contribution in [1.82, 2.24) is 9.80 Å². The molecule has 2 heterocycles. The molecule has 0 unspecified atom stereocenters. The van der Waals surface area contributed by atoms with Crippen molar-refractivity contribution in [2.75, 3.05) is 39.9 Å². The first-order valence-electron chi connectivity index (χ1n) is 9.78. The summed E-state index contributed by atoms with van der Waals surface area (Å²) in [6.07, 6.45) is 6.12. The molecule has 2 saturated heterocycles. The van der Waals surface area contributed by atoms with E-state index in [0.717, 1.165) is 44.1 Å². The van der Waals surface area contributed by atoms with E-state index in [1.54, 1.807) is 0 Å². The van der Waals surface area contributed by atoms with Crippen LogP contribution < -0.4 is 0 Å². The fraction of sp³-hybridized carbons (Fsp3) is 0.667. The van der Waals surface area contributed by atoms with E-state index < -0.39 is 0 Å². The minimum Gasteiger partial charge on any atom is -0.379 e. The Balaban J connectivity index is 1.47. The van der Waals surface area contributed by atoms with Gasteiger partial charge in [0, 0.05) is 18.7 Å². The maximum Gasteiger partial charge on any atom is 0.254 e. The summed E-state index contributed by atoms with van der Waals surface area (Å²) in [5.41, 5.74) is 1.10. The lowest BCUT2D eigenvalue weighted by Crippen LogP contribution is -2.41. The molecule has 4 nitrogen and oxygen atoms in total. The molecule has 136 valence electrons. The Labute approximate surface area is 151 Å². The van der Waals surface area contributed by atoms with Crippen molar-refractivity contribution in [3.63, 3.8) is 0 Å². The van der Waals surface area contributed by atoms with Crippen molar-refractivity contribution >= 4 is 5.91 Å². The van der Waals surface area contributed by atoms with Crippen molar-refractivity contribution < 1.29 is 9.53 Å². The summed E-state index contributed by atoms with van der Waals surface area (Å²) >= 11 is 0. The number of ether oxygens (including phenoxy) is 1. The third kappa shape index (κ3) is 3.90. The third-order valence-electron chi connectivity index (χ3n) is 6.31. The molecule has 1 amide bonds. The number of carbonyl (C=O) groups excluding carboxylic acids is 1.